The van der Waals surface area contributed by atoms with E-state index in [-0.39, 0.29) is 37.3 Å². The smallest absolute Gasteiger partial charge is 0.435 e. The highest BCUT2D eigenvalue weighted by atomic mass is 16.6. The minimum absolute atomic E-state index is 0.126. The highest BCUT2D eigenvalue weighted by molar-refractivity contribution is 6.04. The van der Waals surface area contributed by atoms with Crippen LogP contribution in [-0.2, 0) is 27.4 Å². The fourth-order valence-corrected chi connectivity index (χ4v) is 5.51. The molecule has 0 unspecified atom stereocenters. The molecule has 1 aromatic heterocycles. The number of benzene rings is 2. The summed E-state index contributed by atoms with van der Waals surface area (Å²) >= 11 is 0. The van der Waals surface area contributed by atoms with E-state index >= 15 is 0 Å². The van der Waals surface area contributed by atoms with Crippen molar-refractivity contribution in [1.82, 2.24) is 19.6 Å². The zero-order valence-corrected chi connectivity index (χ0v) is 24.6. The maximum Gasteiger partial charge on any atom is 0.435 e. The van der Waals surface area contributed by atoms with Gasteiger partial charge in [-0.2, -0.15) is 4.68 Å². The predicted molar refractivity (Wildman–Crippen MR) is 158 cm³/mol. The number of rotatable bonds is 8. The van der Waals surface area contributed by atoms with Gasteiger partial charge in [0.1, 0.15) is 0 Å². The third kappa shape index (κ3) is 6.02. The molecule has 3 heterocycles. The van der Waals surface area contributed by atoms with E-state index in [9.17, 15) is 14.4 Å². The molecule has 11 nitrogen and oxygen atoms in total. The summed E-state index contributed by atoms with van der Waals surface area (Å²) in [4.78, 5) is 45.9. The Hall–Kier alpha value is -4.22. The van der Waals surface area contributed by atoms with E-state index in [0.717, 1.165) is 42.1 Å². The molecule has 1 N–H and O–H groups in total. The lowest BCUT2D eigenvalue weighted by Gasteiger charge is -2.38. The average Bonchev–Trinajstić information content (AvgIpc) is 3.59. The van der Waals surface area contributed by atoms with Crippen molar-refractivity contribution in [2.75, 3.05) is 50.1 Å². The lowest BCUT2D eigenvalue weighted by atomic mass is 10.1. The Morgan fingerprint density at radius 2 is 1.64 bits per heavy atom. The average molecular weight is 575 g/mol. The molecule has 1 atom stereocenters. The molecular formula is C31H38N6O5. The van der Waals surface area contributed by atoms with Crippen LogP contribution >= 0.6 is 0 Å². The second kappa shape index (κ2) is 12.7. The molecule has 0 bridgehead atoms. The highest BCUT2D eigenvalue weighted by Gasteiger charge is 2.36. The summed E-state index contributed by atoms with van der Waals surface area (Å²) in [5, 5.41) is 7.23. The van der Waals surface area contributed by atoms with Crippen LogP contribution in [0.5, 0.6) is 0 Å². The summed E-state index contributed by atoms with van der Waals surface area (Å²) in [6, 6.07) is 17.3. The standard InChI is InChI=1S/C31H38N6O5/c1-5-42-31(40)37-26-20-36(30(39)27(41-4)22-9-7-6-8-10-22)19-25(26)28(33-37)32-29(38)23-11-13-24(14-12-23)35-17-15-34(16-18-35)21(2)3/h6-14,21,27H,5,15-20H2,1-4H3,(H,32,33,38)/t27-/m1/s1. The summed E-state index contributed by atoms with van der Waals surface area (Å²) in [6.07, 6.45) is -1.47. The van der Waals surface area contributed by atoms with Crippen LogP contribution in [0.2, 0.25) is 0 Å². The first-order valence-electron chi connectivity index (χ1n) is 14.4. The van der Waals surface area contributed by atoms with E-state index in [1.807, 2.05) is 42.5 Å². The van der Waals surface area contributed by atoms with Crippen molar-refractivity contribution in [2.45, 2.75) is 46.0 Å². The molecule has 11 heteroatoms. The molecule has 2 aliphatic rings. The maximum absolute atomic E-state index is 13.5. The monoisotopic (exact) mass is 574 g/mol. The van der Waals surface area contributed by atoms with Crippen LogP contribution < -0.4 is 10.2 Å². The van der Waals surface area contributed by atoms with E-state index in [0.29, 0.717) is 22.9 Å². The number of nitrogens with one attached hydrogen (secondary N) is 1. The van der Waals surface area contributed by atoms with Gasteiger partial charge in [0.05, 0.1) is 25.4 Å². The van der Waals surface area contributed by atoms with Crippen LogP contribution in [0.25, 0.3) is 0 Å². The Bertz CT molecular complexity index is 1410. The summed E-state index contributed by atoms with van der Waals surface area (Å²) in [5.74, 6) is -0.385. The van der Waals surface area contributed by atoms with Crippen LogP contribution in [0.15, 0.2) is 54.6 Å². The molecule has 1 saturated heterocycles. The van der Waals surface area contributed by atoms with Crippen molar-refractivity contribution in [3.05, 3.63) is 77.0 Å². The number of anilines is 2. The van der Waals surface area contributed by atoms with Gasteiger partial charge in [-0.15, -0.1) is 5.10 Å². The topological polar surface area (TPSA) is 109 Å². The molecule has 0 radical (unpaired) electrons. The van der Waals surface area contributed by atoms with E-state index in [4.69, 9.17) is 9.47 Å². The number of aromatic nitrogens is 2. The van der Waals surface area contributed by atoms with Gasteiger partial charge in [-0.05, 0) is 50.6 Å². The third-order valence-corrected chi connectivity index (χ3v) is 7.87. The van der Waals surface area contributed by atoms with Crippen molar-refractivity contribution in [3.63, 3.8) is 0 Å². The largest absolute Gasteiger partial charge is 0.448 e. The second-order valence-corrected chi connectivity index (χ2v) is 10.7. The first-order chi connectivity index (χ1) is 20.3. The van der Waals surface area contributed by atoms with Gasteiger partial charge in [-0.3, -0.25) is 14.5 Å². The number of hydrogen-bond donors (Lipinski definition) is 1. The van der Waals surface area contributed by atoms with Crippen LogP contribution in [0.1, 0.15) is 54.1 Å². The number of nitrogens with zero attached hydrogens (tertiary/aromatic N) is 5. The lowest BCUT2D eigenvalue weighted by molar-refractivity contribution is -0.143. The number of carbonyl (C=O) groups is 3. The third-order valence-electron chi connectivity index (χ3n) is 7.87. The number of fused-ring (bicyclic) bond motifs is 1. The molecule has 3 aromatic rings. The van der Waals surface area contributed by atoms with Crippen LogP contribution in [0, 0.1) is 0 Å². The number of hydrogen-bond acceptors (Lipinski definition) is 8. The number of methoxy groups -OCH3 is 1. The highest BCUT2D eigenvalue weighted by Crippen LogP contribution is 2.32. The fourth-order valence-electron chi connectivity index (χ4n) is 5.51. The maximum atomic E-state index is 13.5. The molecule has 0 saturated carbocycles. The van der Waals surface area contributed by atoms with E-state index in [1.165, 1.54) is 7.11 Å². The Kier molecular flexibility index (Phi) is 8.89. The van der Waals surface area contributed by atoms with Gasteiger partial charge >= 0.3 is 6.09 Å². The van der Waals surface area contributed by atoms with Crippen molar-refractivity contribution in [2.24, 2.45) is 0 Å². The van der Waals surface area contributed by atoms with E-state index < -0.39 is 12.2 Å². The van der Waals surface area contributed by atoms with Crippen LogP contribution in [0.4, 0.5) is 16.3 Å². The Balaban J connectivity index is 1.32. The van der Waals surface area contributed by atoms with Gasteiger partial charge in [-0.1, -0.05) is 30.3 Å². The Labute approximate surface area is 246 Å². The van der Waals surface area contributed by atoms with Crippen molar-refractivity contribution in [1.29, 1.82) is 0 Å². The minimum atomic E-state index is -0.802. The summed E-state index contributed by atoms with van der Waals surface area (Å²) in [5.41, 5.74) is 3.35. The zero-order valence-electron chi connectivity index (χ0n) is 24.6. The molecule has 42 heavy (non-hydrogen) atoms. The van der Waals surface area contributed by atoms with Gasteiger partial charge in [0, 0.05) is 56.1 Å². The van der Waals surface area contributed by atoms with Gasteiger partial charge < -0.3 is 24.6 Å². The van der Waals surface area contributed by atoms with Crippen molar-refractivity contribution < 1.29 is 23.9 Å². The molecule has 2 amide bonds. The number of carbonyl (C=O) groups excluding carboxylic acids is 3. The zero-order chi connectivity index (χ0) is 29.8. The fraction of sp³-hybridized carbons (Fsp3) is 0.419. The SMILES string of the molecule is CCOC(=O)n1nc(NC(=O)c2ccc(N3CCN(C(C)C)CC3)cc2)c2c1CN(C(=O)[C@H](OC)c1ccccc1)C2. The second-order valence-electron chi connectivity index (χ2n) is 10.7. The molecule has 5 rings (SSSR count). The van der Waals surface area contributed by atoms with Crippen LogP contribution in [-0.4, -0.2) is 83.4 Å². The van der Waals surface area contributed by atoms with Crippen molar-refractivity contribution in [3.8, 4) is 0 Å². The van der Waals surface area contributed by atoms with Gasteiger partial charge in [0.2, 0.25) is 0 Å². The van der Waals surface area contributed by atoms with Crippen LogP contribution in [0.3, 0.4) is 0 Å². The number of amides is 2. The molecular weight excluding hydrogens is 536 g/mol. The Morgan fingerprint density at radius 1 is 0.952 bits per heavy atom. The Morgan fingerprint density at radius 3 is 2.26 bits per heavy atom. The molecule has 0 spiro atoms. The molecule has 2 aromatic carbocycles. The molecule has 222 valence electrons. The summed E-state index contributed by atoms with van der Waals surface area (Å²) in [7, 11) is 1.49. The predicted octanol–water partition coefficient (Wildman–Crippen LogP) is 3.90. The molecule has 0 aliphatic carbocycles. The summed E-state index contributed by atoms with van der Waals surface area (Å²) in [6.45, 7) is 10.5. The number of piperazine rings is 1. The van der Waals surface area contributed by atoms with E-state index in [2.05, 4.69) is 34.1 Å². The normalized spacial score (nSPS) is 15.9. The van der Waals surface area contributed by atoms with Gasteiger partial charge in [-0.25, -0.2) is 4.79 Å². The molecule has 1 fully saturated rings. The van der Waals surface area contributed by atoms with Gasteiger partial charge in [0.15, 0.2) is 11.9 Å². The lowest BCUT2D eigenvalue weighted by Crippen LogP contribution is -2.48. The van der Waals surface area contributed by atoms with Gasteiger partial charge in [0.25, 0.3) is 11.8 Å². The first kappa shape index (κ1) is 29.3. The summed E-state index contributed by atoms with van der Waals surface area (Å²) < 4.78 is 11.9. The quantitative estimate of drug-likeness (QED) is 0.432. The first-order valence-corrected chi connectivity index (χ1v) is 14.4. The number of ether oxygens (including phenoxy) is 2. The molecule has 2 aliphatic heterocycles. The van der Waals surface area contributed by atoms with E-state index in [1.54, 1.807) is 24.0 Å². The van der Waals surface area contributed by atoms with Crippen molar-refractivity contribution >= 4 is 29.4 Å². The minimum Gasteiger partial charge on any atom is -0.448 e.